The molecule has 0 saturated carbocycles. The van der Waals surface area contributed by atoms with Crippen LogP contribution in [0.5, 0.6) is 0 Å². The molecule has 0 amide bonds. The van der Waals surface area contributed by atoms with Crippen molar-refractivity contribution in [3.8, 4) is 0 Å². The molecule has 80 valence electrons. The Kier molecular flexibility index (Phi) is 7.17. The van der Waals surface area contributed by atoms with Crippen LogP contribution in [0.15, 0.2) is 0 Å². The van der Waals surface area contributed by atoms with E-state index < -0.39 is 5.91 Å². The molecule has 1 atom stereocenters. The highest BCUT2D eigenvalue weighted by molar-refractivity contribution is 4.56. The van der Waals surface area contributed by atoms with Crippen molar-refractivity contribution in [2.24, 2.45) is 5.73 Å². The van der Waals surface area contributed by atoms with E-state index in [-0.39, 0.29) is 0 Å². The summed E-state index contributed by atoms with van der Waals surface area (Å²) >= 11 is 0. The van der Waals surface area contributed by atoms with Crippen LogP contribution in [0.25, 0.3) is 0 Å². The molecule has 0 aromatic rings. The van der Waals surface area contributed by atoms with Gasteiger partial charge in [0, 0.05) is 19.6 Å². The molecule has 0 spiro atoms. The average molecular weight is 191 g/mol. The lowest BCUT2D eigenvalue weighted by Crippen LogP contribution is -2.43. The summed E-state index contributed by atoms with van der Waals surface area (Å²) in [7, 11) is 0. The number of aliphatic hydroxyl groups is 1. The molecule has 0 rings (SSSR count). The second kappa shape index (κ2) is 7.26. The lowest BCUT2D eigenvalue weighted by atomic mass is 10.3. The van der Waals surface area contributed by atoms with Crippen molar-refractivity contribution in [2.75, 3.05) is 19.8 Å². The summed E-state index contributed by atoms with van der Waals surface area (Å²) in [5.74, 6) is -1.53. The van der Waals surface area contributed by atoms with Gasteiger partial charge in [0.2, 0.25) is 5.91 Å². The second-order valence-electron chi connectivity index (χ2n) is 2.99. The van der Waals surface area contributed by atoms with Crippen molar-refractivity contribution in [2.45, 2.75) is 39.0 Å². The molecule has 0 saturated heterocycles. The molecule has 4 heteroatoms. The van der Waals surface area contributed by atoms with Gasteiger partial charge in [-0.1, -0.05) is 13.3 Å². The maximum atomic E-state index is 9.35. The van der Waals surface area contributed by atoms with Gasteiger partial charge in [0.1, 0.15) is 0 Å². The zero-order valence-electron chi connectivity index (χ0n) is 8.58. The standard InChI is InChI=1S/C9H21NO3/c1-3-5-7-12-8-6-9(10,11)13-4-2/h11H,3-8,10H2,1-2H3. The molecule has 0 aromatic carbocycles. The van der Waals surface area contributed by atoms with Crippen LogP contribution < -0.4 is 5.73 Å². The van der Waals surface area contributed by atoms with Crippen molar-refractivity contribution in [1.82, 2.24) is 0 Å². The van der Waals surface area contributed by atoms with Gasteiger partial charge in [-0.15, -0.1) is 0 Å². The summed E-state index contributed by atoms with van der Waals surface area (Å²) in [6.07, 6.45) is 2.46. The SMILES string of the molecule is CCCCOCCC(N)(O)OCC. The van der Waals surface area contributed by atoms with E-state index >= 15 is 0 Å². The molecule has 0 aliphatic rings. The van der Waals surface area contributed by atoms with Crippen LogP contribution in [0.4, 0.5) is 0 Å². The van der Waals surface area contributed by atoms with E-state index in [0.717, 1.165) is 19.4 Å². The minimum absolute atomic E-state index is 0.310. The van der Waals surface area contributed by atoms with Gasteiger partial charge in [0.05, 0.1) is 6.61 Å². The Morgan fingerprint density at radius 2 is 2.00 bits per heavy atom. The van der Waals surface area contributed by atoms with Crippen molar-refractivity contribution >= 4 is 0 Å². The molecule has 4 nitrogen and oxygen atoms in total. The molecule has 0 bridgehead atoms. The molecule has 13 heavy (non-hydrogen) atoms. The molecular weight excluding hydrogens is 170 g/mol. The van der Waals surface area contributed by atoms with Gasteiger partial charge < -0.3 is 14.6 Å². The van der Waals surface area contributed by atoms with E-state index in [1.54, 1.807) is 6.92 Å². The highest BCUT2D eigenvalue weighted by Crippen LogP contribution is 2.04. The lowest BCUT2D eigenvalue weighted by molar-refractivity contribution is -0.206. The topological polar surface area (TPSA) is 64.7 Å². The van der Waals surface area contributed by atoms with Gasteiger partial charge in [0.15, 0.2) is 0 Å². The number of hydrogen-bond donors (Lipinski definition) is 2. The van der Waals surface area contributed by atoms with Gasteiger partial charge in [-0.2, -0.15) is 0 Å². The third-order valence-electron chi connectivity index (χ3n) is 1.64. The van der Waals surface area contributed by atoms with E-state index in [0.29, 0.717) is 19.6 Å². The number of hydrogen-bond acceptors (Lipinski definition) is 4. The summed E-state index contributed by atoms with van der Waals surface area (Å²) in [6, 6.07) is 0. The molecule has 3 N–H and O–H groups in total. The first-order chi connectivity index (χ1) is 6.12. The number of unbranched alkanes of at least 4 members (excludes halogenated alkanes) is 1. The molecular formula is C9H21NO3. The number of ether oxygens (including phenoxy) is 2. The van der Waals surface area contributed by atoms with Crippen molar-refractivity contribution in [1.29, 1.82) is 0 Å². The first-order valence-corrected chi connectivity index (χ1v) is 4.85. The summed E-state index contributed by atoms with van der Waals surface area (Å²) < 4.78 is 10.1. The minimum Gasteiger partial charge on any atom is -0.381 e. The van der Waals surface area contributed by atoms with Crippen LogP contribution >= 0.6 is 0 Å². The highest BCUT2D eigenvalue weighted by atomic mass is 16.6. The smallest absolute Gasteiger partial charge is 0.224 e. The van der Waals surface area contributed by atoms with E-state index in [1.807, 2.05) is 0 Å². The second-order valence-corrected chi connectivity index (χ2v) is 2.99. The first-order valence-electron chi connectivity index (χ1n) is 4.85. The van der Waals surface area contributed by atoms with Crippen LogP contribution in [0.1, 0.15) is 33.1 Å². The number of rotatable bonds is 8. The highest BCUT2D eigenvalue weighted by Gasteiger charge is 2.20. The van der Waals surface area contributed by atoms with E-state index in [4.69, 9.17) is 15.2 Å². The van der Waals surface area contributed by atoms with E-state index in [1.165, 1.54) is 0 Å². The predicted molar refractivity (Wildman–Crippen MR) is 51.1 cm³/mol. The minimum atomic E-state index is -1.53. The maximum Gasteiger partial charge on any atom is 0.224 e. The Bertz CT molecular complexity index is 117. The average Bonchev–Trinajstić information content (AvgIpc) is 2.04. The number of nitrogens with two attached hydrogens (primary N) is 1. The van der Waals surface area contributed by atoms with Gasteiger partial charge >= 0.3 is 0 Å². The van der Waals surface area contributed by atoms with Gasteiger partial charge in [0.25, 0.3) is 0 Å². The van der Waals surface area contributed by atoms with E-state index in [9.17, 15) is 5.11 Å². The largest absolute Gasteiger partial charge is 0.381 e. The Morgan fingerprint density at radius 1 is 1.31 bits per heavy atom. The zero-order valence-corrected chi connectivity index (χ0v) is 8.58. The Balaban J connectivity index is 3.29. The third kappa shape index (κ3) is 8.18. The van der Waals surface area contributed by atoms with Gasteiger partial charge in [-0.3, -0.25) is 5.73 Å². The Labute approximate surface area is 80.0 Å². The summed E-state index contributed by atoms with van der Waals surface area (Å²) in [4.78, 5) is 0. The van der Waals surface area contributed by atoms with Crippen LogP contribution in [0.2, 0.25) is 0 Å². The van der Waals surface area contributed by atoms with Crippen LogP contribution in [-0.4, -0.2) is 30.8 Å². The van der Waals surface area contributed by atoms with Crippen molar-refractivity contribution in [3.63, 3.8) is 0 Å². The fourth-order valence-corrected chi connectivity index (χ4v) is 0.889. The van der Waals surface area contributed by atoms with E-state index in [2.05, 4.69) is 6.92 Å². The molecule has 0 aromatic heterocycles. The van der Waals surface area contributed by atoms with Crippen LogP contribution in [0, 0.1) is 0 Å². The van der Waals surface area contributed by atoms with Crippen molar-refractivity contribution in [3.05, 3.63) is 0 Å². The summed E-state index contributed by atoms with van der Waals surface area (Å²) in [6.45, 7) is 5.45. The molecule has 0 heterocycles. The molecule has 0 fully saturated rings. The monoisotopic (exact) mass is 191 g/mol. The van der Waals surface area contributed by atoms with Crippen LogP contribution in [-0.2, 0) is 9.47 Å². The molecule has 1 unspecified atom stereocenters. The normalized spacial score (nSPS) is 15.7. The fourth-order valence-electron chi connectivity index (χ4n) is 0.889. The van der Waals surface area contributed by atoms with Gasteiger partial charge in [-0.25, -0.2) is 0 Å². The lowest BCUT2D eigenvalue weighted by Gasteiger charge is -2.22. The summed E-state index contributed by atoms with van der Waals surface area (Å²) in [5, 5.41) is 9.35. The first kappa shape index (κ1) is 12.8. The predicted octanol–water partition coefficient (Wildman–Crippen LogP) is 0.835. The Hall–Kier alpha value is -0.160. The van der Waals surface area contributed by atoms with Gasteiger partial charge in [-0.05, 0) is 13.3 Å². The zero-order chi connectivity index (χ0) is 10.2. The maximum absolute atomic E-state index is 9.35. The van der Waals surface area contributed by atoms with Crippen LogP contribution in [0.3, 0.4) is 0 Å². The van der Waals surface area contributed by atoms with Crippen molar-refractivity contribution < 1.29 is 14.6 Å². The Morgan fingerprint density at radius 3 is 2.54 bits per heavy atom. The third-order valence-corrected chi connectivity index (χ3v) is 1.64. The quantitative estimate of drug-likeness (QED) is 0.440. The summed E-state index contributed by atoms with van der Waals surface area (Å²) in [5.41, 5.74) is 5.40. The molecule has 0 aliphatic heterocycles. The fraction of sp³-hybridized carbons (Fsp3) is 1.00. The molecule has 0 aliphatic carbocycles. The molecule has 0 radical (unpaired) electrons.